The van der Waals surface area contributed by atoms with E-state index in [1.54, 1.807) is 0 Å². The topological polar surface area (TPSA) is 98.0 Å². The standard InChI is InChI=1S/C23H38O5/c1-12(8-20(27)28)15-4-5-16-21-17(11-19(26)23(15,16)3)22(2)7-6-14(24)9-13(22)10-18(21)25/h12-19,21,24-26H,4-11H2,1-3H3,(H,27,28)/t12-,13+,14-,15+,16-,17-,18+,19-,21-,22-,23+/m0/s1. The fourth-order valence-electron chi connectivity index (χ4n) is 8.55. The van der Waals surface area contributed by atoms with Crippen molar-refractivity contribution in [3.63, 3.8) is 0 Å². The Bertz CT molecular complexity index is 622. The first-order valence-corrected chi connectivity index (χ1v) is 11.3. The second-order valence-electron chi connectivity index (χ2n) is 11.1. The third-order valence-corrected chi connectivity index (χ3v) is 10.0. The SMILES string of the molecule is C[C@@H](CC(=O)O)[C@H]1CC[C@H]2[C@@H]3[C@H](O)C[C@H]4C[C@@H](O)CC[C@]4(C)[C@H]3C[C@H](O)[C@]12C. The van der Waals surface area contributed by atoms with Crippen LogP contribution in [0.15, 0.2) is 0 Å². The summed E-state index contributed by atoms with van der Waals surface area (Å²) in [5, 5.41) is 42.1. The monoisotopic (exact) mass is 394 g/mol. The summed E-state index contributed by atoms with van der Waals surface area (Å²) in [6.45, 7) is 6.52. The zero-order valence-electron chi connectivity index (χ0n) is 17.6. The van der Waals surface area contributed by atoms with Gasteiger partial charge in [-0.15, -0.1) is 0 Å². The Kier molecular flexibility index (Phi) is 5.12. The number of hydrogen-bond acceptors (Lipinski definition) is 4. The number of aliphatic hydroxyl groups is 3. The highest BCUT2D eigenvalue weighted by Gasteiger charge is 2.65. The second-order valence-corrected chi connectivity index (χ2v) is 11.1. The smallest absolute Gasteiger partial charge is 0.303 e. The summed E-state index contributed by atoms with van der Waals surface area (Å²) in [6, 6.07) is 0. The maximum Gasteiger partial charge on any atom is 0.303 e. The quantitative estimate of drug-likeness (QED) is 0.590. The van der Waals surface area contributed by atoms with Crippen LogP contribution in [0, 0.1) is 46.3 Å². The molecule has 160 valence electrons. The van der Waals surface area contributed by atoms with Crippen molar-refractivity contribution in [1.82, 2.24) is 0 Å². The van der Waals surface area contributed by atoms with Crippen molar-refractivity contribution in [3.8, 4) is 0 Å². The molecule has 11 atom stereocenters. The summed E-state index contributed by atoms with van der Waals surface area (Å²) in [5.74, 6) is 0.510. The molecule has 0 saturated heterocycles. The Morgan fingerprint density at radius 3 is 2.43 bits per heavy atom. The summed E-state index contributed by atoms with van der Waals surface area (Å²) in [5.41, 5.74) is -0.232. The number of aliphatic carboxylic acids is 1. The number of hydrogen-bond donors (Lipinski definition) is 4. The number of carbonyl (C=O) groups is 1. The maximum absolute atomic E-state index is 11.4. The normalized spacial score (nSPS) is 54.4. The van der Waals surface area contributed by atoms with Gasteiger partial charge in [-0.25, -0.2) is 0 Å². The first-order chi connectivity index (χ1) is 13.1. The van der Waals surface area contributed by atoms with E-state index < -0.39 is 12.1 Å². The number of fused-ring (bicyclic) bond motifs is 5. The molecule has 0 heterocycles. The third-order valence-electron chi connectivity index (χ3n) is 10.0. The Morgan fingerprint density at radius 1 is 1.04 bits per heavy atom. The minimum absolute atomic E-state index is 0.0348. The van der Waals surface area contributed by atoms with Crippen LogP contribution in [0.1, 0.15) is 72.1 Å². The van der Waals surface area contributed by atoms with E-state index in [4.69, 9.17) is 0 Å². The average Bonchev–Trinajstić information content (AvgIpc) is 2.95. The lowest BCUT2D eigenvalue weighted by Crippen LogP contribution is -2.62. The zero-order chi connectivity index (χ0) is 20.4. The first kappa shape index (κ1) is 20.6. The van der Waals surface area contributed by atoms with Crippen LogP contribution in [-0.2, 0) is 4.79 Å². The molecular weight excluding hydrogens is 356 g/mol. The van der Waals surface area contributed by atoms with E-state index in [0.717, 1.165) is 38.5 Å². The van der Waals surface area contributed by atoms with Crippen LogP contribution in [0.4, 0.5) is 0 Å². The minimum Gasteiger partial charge on any atom is -0.481 e. The second kappa shape index (κ2) is 6.95. The first-order valence-electron chi connectivity index (χ1n) is 11.3. The van der Waals surface area contributed by atoms with Gasteiger partial charge in [0.25, 0.3) is 0 Å². The lowest BCUT2D eigenvalue weighted by Gasteiger charge is -2.63. The third kappa shape index (κ3) is 2.87. The van der Waals surface area contributed by atoms with Gasteiger partial charge < -0.3 is 20.4 Å². The van der Waals surface area contributed by atoms with E-state index in [-0.39, 0.29) is 59.0 Å². The van der Waals surface area contributed by atoms with Gasteiger partial charge in [0.1, 0.15) is 0 Å². The lowest BCUT2D eigenvalue weighted by molar-refractivity contribution is -0.207. The van der Waals surface area contributed by atoms with Gasteiger partial charge in [-0.3, -0.25) is 4.79 Å². The van der Waals surface area contributed by atoms with E-state index in [2.05, 4.69) is 13.8 Å². The van der Waals surface area contributed by atoms with Gasteiger partial charge in [0.15, 0.2) is 0 Å². The Labute approximate surface area is 168 Å². The predicted octanol–water partition coefficient (Wildman–Crippen LogP) is 3.06. The number of carboxylic acid groups (broad SMARTS) is 1. The molecule has 4 saturated carbocycles. The molecule has 0 radical (unpaired) electrons. The van der Waals surface area contributed by atoms with Crippen molar-refractivity contribution < 1.29 is 25.2 Å². The summed E-state index contributed by atoms with van der Waals surface area (Å²) in [6.07, 6.45) is 5.02. The molecule has 0 aliphatic heterocycles. The van der Waals surface area contributed by atoms with Crippen molar-refractivity contribution in [1.29, 1.82) is 0 Å². The van der Waals surface area contributed by atoms with Crippen molar-refractivity contribution in [2.45, 2.75) is 90.4 Å². The number of rotatable bonds is 3. The van der Waals surface area contributed by atoms with E-state index in [9.17, 15) is 25.2 Å². The molecule has 0 spiro atoms. The fourth-order valence-corrected chi connectivity index (χ4v) is 8.55. The summed E-state index contributed by atoms with van der Waals surface area (Å²) >= 11 is 0. The van der Waals surface area contributed by atoms with Gasteiger partial charge in [-0.1, -0.05) is 20.8 Å². The van der Waals surface area contributed by atoms with Crippen LogP contribution in [-0.4, -0.2) is 44.7 Å². The molecule has 0 aromatic heterocycles. The van der Waals surface area contributed by atoms with E-state index in [1.807, 2.05) is 6.92 Å². The molecule has 5 nitrogen and oxygen atoms in total. The van der Waals surface area contributed by atoms with Crippen LogP contribution in [0.3, 0.4) is 0 Å². The van der Waals surface area contributed by atoms with Crippen LogP contribution in [0.2, 0.25) is 0 Å². The van der Waals surface area contributed by atoms with Crippen LogP contribution < -0.4 is 0 Å². The number of carboxylic acids is 1. The van der Waals surface area contributed by atoms with Crippen molar-refractivity contribution >= 4 is 5.97 Å². The fraction of sp³-hybridized carbons (Fsp3) is 0.957. The molecule has 4 rings (SSSR count). The van der Waals surface area contributed by atoms with Gasteiger partial charge >= 0.3 is 5.97 Å². The van der Waals surface area contributed by atoms with E-state index in [1.165, 1.54) is 0 Å². The van der Waals surface area contributed by atoms with E-state index >= 15 is 0 Å². The molecule has 4 N–H and O–H groups in total. The Morgan fingerprint density at radius 2 is 1.75 bits per heavy atom. The Balaban J connectivity index is 1.65. The molecule has 4 aliphatic rings. The zero-order valence-corrected chi connectivity index (χ0v) is 17.6. The molecule has 0 amide bonds. The number of aliphatic hydroxyl groups excluding tert-OH is 3. The molecule has 0 unspecified atom stereocenters. The molecule has 0 bridgehead atoms. The molecular formula is C23H38O5. The highest BCUT2D eigenvalue weighted by atomic mass is 16.4. The Hall–Kier alpha value is -0.650. The minimum atomic E-state index is -0.767. The van der Waals surface area contributed by atoms with Crippen LogP contribution in [0.25, 0.3) is 0 Å². The van der Waals surface area contributed by atoms with Crippen LogP contribution in [0.5, 0.6) is 0 Å². The van der Waals surface area contributed by atoms with Gasteiger partial charge in [-0.2, -0.15) is 0 Å². The van der Waals surface area contributed by atoms with E-state index in [0.29, 0.717) is 12.3 Å². The summed E-state index contributed by atoms with van der Waals surface area (Å²) in [7, 11) is 0. The van der Waals surface area contributed by atoms with Gasteiger partial charge in [0, 0.05) is 6.42 Å². The molecule has 0 aromatic rings. The summed E-state index contributed by atoms with van der Waals surface area (Å²) < 4.78 is 0. The molecule has 4 aliphatic carbocycles. The summed E-state index contributed by atoms with van der Waals surface area (Å²) in [4.78, 5) is 11.3. The van der Waals surface area contributed by atoms with Gasteiger partial charge in [-0.05, 0) is 91.3 Å². The molecule has 0 aromatic carbocycles. The average molecular weight is 395 g/mol. The van der Waals surface area contributed by atoms with Crippen molar-refractivity contribution in [3.05, 3.63) is 0 Å². The molecule has 4 fully saturated rings. The maximum atomic E-state index is 11.4. The van der Waals surface area contributed by atoms with Gasteiger partial charge in [0.05, 0.1) is 18.3 Å². The predicted molar refractivity (Wildman–Crippen MR) is 105 cm³/mol. The largest absolute Gasteiger partial charge is 0.481 e. The molecule has 5 heteroatoms. The van der Waals surface area contributed by atoms with Crippen molar-refractivity contribution in [2.24, 2.45) is 46.3 Å². The lowest BCUT2D eigenvalue weighted by atomic mass is 9.43. The van der Waals surface area contributed by atoms with Crippen molar-refractivity contribution in [2.75, 3.05) is 0 Å². The van der Waals surface area contributed by atoms with Gasteiger partial charge in [0.2, 0.25) is 0 Å². The van der Waals surface area contributed by atoms with Crippen LogP contribution >= 0.6 is 0 Å². The highest BCUT2D eigenvalue weighted by molar-refractivity contribution is 5.67. The highest BCUT2D eigenvalue weighted by Crippen LogP contribution is 2.68. The molecule has 28 heavy (non-hydrogen) atoms.